The summed E-state index contributed by atoms with van der Waals surface area (Å²) in [5, 5.41) is 3.36. The molecule has 0 aliphatic carbocycles. The highest BCUT2D eigenvalue weighted by Crippen LogP contribution is 2.14. The van der Waals surface area contributed by atoms with Gasteiger partial charge in [0.2, 0.25) is 0 Å². The largest absolute Gasteiger partial charge is 0.383 e. The standard InChI is InChI=1S/C16H30BrN5O.HI/c1-6-18-16(19-7-8-20(2)9-10-23-5)22(4)13-15-11-14(17)12-21(15)3;/h11-12H,6-10,13H2,1-5H3,(H,18,19);1H. The third kappa shape index (κ3) is 8.68. The molecule has 1 aromatic heterocycles. The quantitative estimate of drug-likeness (QED) is 0.311. The van der Waals surface area contributed by atoms with Crippen molar-refractivity contribution in [2.75, 3.05) is 54.0 Å². The van der Waals surface area contributed by atoms with Crippen LogP contribution < -0.4 is 5.32 Å². The molecule has 0 bridgehead atoms. The highest BCUT2D eigenvalue weighted by Gasteiger charge is 2.09. The van der Waals surface area contributed by atoms with Gasteiger partial charge in [0, 0.05) is 57.2 Å². The monoisotopic (exact) mass is 515 g/mol. The smallest absolute Gasteiger partial charge is 0.194 e. The Morgan fingerprint density at radius 2 is 2.08 bits per heavy atom. The molecule has 0 radical (unpaired) electrons. The Kier molecular flexibility index (Phi) is 12.8. The molecule has 1 rings (SSSR count). The lowest BCUT2D eigenvalue weighted by molar-refractivity contribution is 0.163. The van der Waals surface area contributed by atoms with Crippen LogP contribution in [0.4, 0.5) is 0 Å². The molecule has 0 amide bonds. The summed E-state index contributed by atoms with van der Waals surface area (Å²) in [5.41, 5.74) is 1.24. The van der Waals surface area contributed by atoms with Crippen LogP contribution in [0.25, 0.3) is 0 Å². The Labute approximate surface area is 171 Å². The van der Waals surface area contributed by atoms with Crippen LogP contribution in [0.3, 0.4) is 0 Å². The van der Waals surface area contributed by atoms with Crippen molar-refractivity contribution in [2.45, 2.75) is 13.5 Å². The number of ether oxygens (including phenoxy) is 1. The van der Waals surface area contributed by atoms with E-state index in [1.54, 1.807) is 7.11 Å². The number of hydrogen-bond donors (Lipinski definition) is 1. The molecule has 0 unspecified atom stereocenters. The van der Waals surface area contributed by atoms with E-state index in [0.717, 1.165) is 49.8 Å². The Morgan fingerprint density at radius 3 is 2.62 bits per heavy atom. The van der Waals surface area contributed by atoms with Crippen molar-refractivity contribution in [3.05, 3.63) is 22.4 Å². The molecule has 140 valence electrons. The average Bonchev–Trinajstić information content (AvgIpc) is 2.81. The summed E-state index contributed by atoms with van der Waals surface area (Å²) in [6, 6.07) is 2.14. The minimum Gasteiger partial charge on any atom is -0.383 e. The van der Waals surface area contributed by atoms with Crippen LogP contribution in [0.2, 0.25) is 0 Å². The van der Waals surface area contributed by atoms with Crippen LogP contribution in [-0.4, -0.2) is 74.3 Å². The number of nitrogens with one attached hydrogen (secondary N) is 1. The van der Waals surface area contributed by atoms with Crippen molar-refractivity contribution in [1.29, 1.82) is 0 Å². The highest BCUT2D eigenvalue weighted by atomic mass is 127. The summed E-state index contributed by atoms with van der Waals surface area (Å²) in [6.07, 6.45) is 2.07. The number of rotatable bonds is 9. The molecule has 0 saturated carbocycles. The molecule has 0 saturated heterocycles. The Balaban J connectivity index is 0.00000529. The summed E-state index contributed by atoms with van der Waals surface area (Å²) in [6.45, 7) is 7.13. The molecule has 1 N–H and O–H groups in total. The van der Waals surface area contributed by atoms with E-state index in [1.807, 2.05) is 0 Å². The summed E-state index contributed by atoms with van der Waals surface area (Å²) in [5.74, 6) is 0.935. The summed E-state index contributed by atoms with van der Waals surface area (Å²) in [4.78, 5) is 9.10. The van der Waals surface area contributed by atoms with E-state index in [1.165, 1.54) is 5.69 Å². The Bertz CT molecular complexity index is 495. The van der Waals surface area contributed by atoms with Gasteiger partial charge in [-0.1, -0.05) is 0 Å². The van der Waals surface area contributed by atoms with Gasteiger partial charge < -0.3 is 24.4 Å². The van der Waals surface area contributed by atoms with Gasteiger partial charge in [0.25, 0.3) is 0 Å². The van der Waals surface area contributed by atoms with Crippen molar-refractivity contribution < 1.29 is 4.74 Å². The molecule has 24 heavy (non-hydrogen) atoms. The van der Waals surface area contributed by atoms with Crippen molar-refractivity contribution in [3.63, 3.8) is 0 Å². The molecule has 0 spiro atoms. The summed E-state index contributed by atoms with van der Waals surface area (Å²) in [7, 11) is 7.94. The zero-order valence-electron chi connectivity index (χ0n) is 15.4. The Hall–Kier alpha value is -0.320. The van der Waals surface area contributed by atoms with Gasteiger partial charge in [-0.2, -0.15) is 0 Å². The van der Waals surface area contributed by atoms with E-state index in [-0.39, 0.29) is 24.0 Å². The topological polar surface area (TPSA) is 45.0 Å². The van der Waals surface area contributed by atoms with Gasteiger partial charge in [-0.25, -0.2) is 0 Å². The average molecular weight is 516 g/mol. The fraction of sp³-hybridized carbons (Fsp3) is 0.688. The maximum atomic E-state index is 5.09. The zero-order chi connectivity index (χ0) is 17.2. The molecule has 6 nitrogen and oxygen atoms in total. The highest BCUT2D eigenvalue weighted by molar-refractivity contribution is 14.0. The third-order valence-electron chi connectivity index (χ3n) is 3.59. The molecular weight excluding hydrogens is 485 g/mol. The lowest BCUT2D eigenvalue weighted by Crippen LogP contribution is -2.39. The van der Waals surface area contributed by atoms with E-state index in [0.29, 0.717) is 0 Å². The zero-order valence-corrected chi connectivity index (χ0v) is 19.3. The number of hydrogen-bond acceptors (Lipinski definition) is 3. The van der Waals surface area contributed by atoms with E-state index >= 15 is 0 Å². The van der Waals surface area contributed by atoms with Crippen LogP contribution in [0.5, 0.6) is 0 Å². The SMILES string of the molecule is CCNC(=NCCN(C)CCOC)N(C)Cc1cc(Br)cn1C.I. The van der Waals surface area contributed by atoms with Gasteiger partial charge in [0.15, 0.2) is 5.96 Å². The number of methoxy groups -OCH3 is 1. The van der Waals surface area contributed by atoms with Crippen molar-refractivity contribution in [1.82, 2.24) is 19.7 Å². The first kappa shape index (κ1) is 23.7. The molecule has 1 aromatic rings. The number of nitrogens with zero attached hydrogens (tertiary/aromatic N) is 4. The van der Waals surface area contributed by atoms with Crippen molar-refractivity contribution >= 4 is 45.9 Å². The van der Waals surface area contributed by atoms with Gasteiger partial charge in [-0.15, -0.1) is 24.0 Å². The minimum absolute atomic E-state index is 0. The lowest BCUT2D eigenvalue weighted by atomic mass is 10.4. The van der Waals surface area contributed by atoms with Crippen molar-refractivity contribution in [2.24, 2.45) is 12.0 Å². The molecule has 0 aliphatic rings. The molecule has 8 heteroatoms. The molecule has 0 aliphatic heterocycles. The second-order valence-electron chi connectivity index (χ2n) is 5.65. The van der Waals surface area contributed by atoms with Gasteiger partial charge in [-0.3, -0.25) is 4.99 Å². The van der Waals surface area contributed by atoms with Crippen LogP contribution in [0, 0.1) is 0 Å². The van der Waals surface area contributed by atoms with Gasteiger partial charge >= 0.3 is 0 Å². The number of aliphatic imine (C=N–C) groups is 1. The predicted octanol–water partition coefficient (Wildman–Crippen LogP) is 2.38. The maximum Gasteiger partial charge on any atom is 0.194 e. The van der Waals surface area contributed by atoms with Crippen molar-refractivity contribution in [3.8, 4) is 0 Å². The van der Waals surface area contributed by atoms with Crippen LogP contribution in [-0.2, 0) is 18.3 Å². The van der Waals surface area contributed by atoms with E-state index in [4.69, 9.17) is 9.73 Å². The number of guanidine groups is 1. The number of aromatic nitrogens is 1. The molecule has 0 aromatic carbocycles. The maximum absolute atomic E-state index is 5.09. The Morgan fingerprint density at radius 1 is 1.38 bits per heavy atom. The molecule has 1 heterocycles. The predicted molar refractivity (Wildman–Crippen MR) is 115 cm³/mol. The van der Waals surface area contributed by atoms with E-state index in [9.17, 15) is 0 Å². The van der Waals surface area contributed by atoms with Crippen LogP contribution in [0.15, 0.2) is 21.7 Å². The number of halogens is 2. The number of likely N-dealkylation sites (N-methyl/N-ethyl adjacent to an activating group) is 1. The summed E-state index contributed by atoms with van der Waals surface area (Å²) >= 11 is 3.52. The summed E-state index contributed by atoms with van der Waals surface area (Å²) < 4.78 is 8.32. The first-order chi connectivity index (χ1) is 11.0. The van der Waals surface area contributed by atoms with Gasteiger partial charge in [-0.05, 0) is 36.0 Å². The third-order valence-corrected chi connectivity index (χ3v) is 4.02. The molecule has 0 fully saturated rings. The van der Waals surface area contributed by atoms with Crippen LogP contribution in [0.1, 0.15) is 12.6 Å². The second-order valence-corrected chi connectivity index (χ2v) is 6.56. The first-order valence-corrected chi connectivity index (χ1v) is 8.74. The fourth-order valence-corrected chi connectivity index (χ4v) is 2.77. The molecular formula is C16H31BrIN5O. The minimum atomic E-state index is 0. The van der Waals surface area contributed by atoms with Gasteiger partial charge in [0.05, 0.1) is 19.7 Å². The van der Waals surface area contributed by atoms with Crippen LogP contribution >= 0.6 is 39.9 Å². The normalized spacial score (nSPS) is 11.5. The fourth-order valence-electron chi connectivity index (χ4n) is 2.20. The molecule has 0 atom stereocenters. The lowest BCUT2D eigenvalue weighted by Gasteiger charge is -2.23. The first-order valence-electron chi connectivity index (χ1n) is 7.95. The second kappa shape index (κ2) is 13.0. The number of aryl methyl sites for hydroxylation is 1. The van der Waals surface area contributed by atoms with Gasteiger partial charge in [0.1, 0.15) is 0 Å². The van der Waals surface area contributed by atoms with E-state index in [2.05, 4.69) is 75.9 Å². The van der Waals surface area contributed by atoms with E-state index < -0.39 is 0 Å².